The number of hydrogen-bond acceptors (Lipinski definition) is 7. The molecule has 1 amide bonds. The second kappa shape index (κ2) is 7.96. The molecule has 0 saturated carbocycles. The molecule has 0 atom stereocenters. The lowest BCUT2D eigenvalue weighted by Crippen LogP contribution is -2.49. The number of hydrogen-bond donors (Lipinski definition) is 1. The van der Waals surface area contributed by atoms with Gasteiger partial charge in [0.15, 0.2) is 6.61 Å². The standard InChI is InChI=1S/C23H25ClN6O3/c1-28-10-3-4-14-19(28)26-22(27-20(14)31)30-11-7-23(8-12-30)17-15(24)5-6-16(33-13-9-25)18(17)29(2)21(23)32/h5-6H,3-4,7-8,10-13H2,1-2H3,(H,26,27,31). The number of aromatic nitrogens is 2. The first-order chi connectivity index (χ1) is 15.9. The van der Waals surface area contributed by atoms with Crippen LogP contribution in [0.5, 0.6) is 5.75 Å². The molecule has 5 rings (SSSR count). The van der Waals surface area contributed by atoms with Crippen molar-refractivity contribution in [3.8, 4) is 11.8 Å². The molecular weight excluding hydrogens is 444 g/mol. The number of piperidine rings is 1. The number of aromatic amines is 1. The van der Waals surface area contributed by atoms with Crippen LogP contribution in [0.3, 0.4) is 0 Å². The molecule has 10 heteroatoms. The summed E-state index contributed by atoms with van der Waals surface area (Å²) in [5, 5.41) is 9.43. The summed E-state index contributed by atoms with van der Waals surface area (Å²) in [6.07, 6.45) is 2.73. The lowest BCUT2D eigenvalue weighted by atomic mass is 9.73. The largest absolute Gasteiger partial charge is 0.477 e. The van der Waals surface area contributed by atoms with Crippen molar-refractivity contribution >= 4 is 35.0 Å². The summed E-state index contributed by atoms with van der Waals surface area (Å²) in [5.41, 5.74) is 1.27. The fourth-order valence-electron chi connectivity index (χ4n) is 5.42. The van der Waals surface area contributed by atoms with E-state index in [2.05, 4.69) is 4.98 Å². The second-order valence-corrected chi connectivity index (χ2v) is 9.27. The Kier molecular flexibility index (Phi) is 5.20. The number of halogens is 1. The molecule has 0 bridgehead atoms. The van der Waals surface area contributed by atoms with Gasteiger partial charge in [-0.2, -0.15) is 10.2 Å². The van der Waals surface area contributed by atoms with Gasteiger partial charge in [-0.25, -0.2) is 0 Å². The minimum Gasteiger partial charge on any atom is -0.477 e. The Labute approximate surface area is 196 Å². The quantitative estimate of drug-likeness (QED) is 0.736. The number of nitrogens with zero attached hydrogens (tertiary/aromatic N) is 5. The molecule has 172 valence electrons. The van der Waals surface area contributed by atoms with Crippen molar-refractivity contribution in [1.82, 2.24) is 9.97 Å². The predicted molar refractivity (Wildman–Crippen MR) is 126 cm³/mol. The van der Waals surface area contributed by atoms with E-state index < -0.39 is 5.41 Å². The van der Waals surface area contributed by atoms with Gasteiger partial charge in [0.2, 0.25) is 11.9 Å². The number of nitrogens with one attached hydrogen (secondary N) is 1. The van der Waals surface area contributed by atoms with Gasteiger partial charge in [-0.15, -0.1) is 0 Å². The third-order valence-corrected chi connectivity index (χ3v) is 7.40. The molecule has 1 fully saturated rings. The normalized spacial score (nSPS) is 18.8. The lowest BCUT2D eigenvalue weighted by molar-refractivity contribution is -0.123. The lowest BCUT2D eigenvalue weighted by Gasteiger charge is -2.39. The number of amides is 1. The third-order valence-electron chi connectivity index (χ3n) is 7.09. The summed E-state index contributed by atoms with van der Waals surface area (Å²) in [6.45, 7) is 1.86. The maximum absolute atomic E-state index is 13.5. The van der Waals surface area contributed by atoms with E-state index in [0.717, 1.165) is 36.3 Å². The Hall–Kier alpha value is -3.25. The highest BCUT2D eigenvalue weighted by Crippen LogP contribution is 2.54. The van der Waals surface area contributed by atoms with E-state index in [-0.39, 0.29) is 18.1 Å². The number of carbonyl (C=O) groups is 1. The molecule has 1 aromatic carbocycles. The molecule has 0 radical (unpaired) electrons. The van der Waals surface area contributed by atoms with Gasteiger partial charge in [-0.3, -0.25) is 14.6 Å². The van der Waals surface area contributed by atoms with Crippen LogP contribution in [0.1, 0.15) is 30.4 Å². The zero-order valence-corrected chi connectivity index (χ0v) is 19.4. The van der Waals surface area contributed by atoms with E-state index in [9.17, 15) is 9.59 Å². The summed E-state index contributed by atoms with van der Waals surface area (Å²) in [4.78, 5) is 39.5. The molecule has 3 aliphatic rings. The van der Waals surface area contributed by atoms with Crippen molar-refractivity contribution in [1.29, 1.82) is 5.26 Å². The molecule has 0 aliphatic carbocycles. The second-order valence-electron chi connectivity index (χ2n) is 8.87. The molecule has 1 aromatic heterocycles. The molecule has 1 N–H and O–H groups in total. The van der Waals surface area contributed by atoms with Crippen LogP contribution in [-0.4, -0.2) is 56.2 Å². The van der Waals surface area contributed by atoms with Crippen molar-refractivity contribution in [2.24, 2.45) is 0 Å². The minimum absolute atomic E-state index is 0.0290. The van der Waals surface area contributed by atoms with Crippen LogP contribution in [0.15, 0.2) is 16.9 Å². The van der Waals surface area contributed by atoms with Crippen molar-refractivity contribution in [2.45, 2.75) is 31.1 Å². The Bertz CT molecular complexity index is 1230. The molecule has 9 nitrogen and oxygen atoms in total. The van der Waals surface area contributed by atoms with Crippen LogP contribution >= 0.6 is 11.6 Å². The van der Waals surface area contributed by atoms with Gasteiger partial charge in [-0.1, -0.05) is 11.6 Å². The number of ether oxygens (including phenoxy) is 1. The molecule has 0 unspecified atom stereocenters. The number of benzene rings is 1. The van der Waals surface area contributed by atoms with Gasteiger partial charge in [0.25, 0.3) is 5.56 Å². The maximum atomic E-state index is 13.5. The average Bonchev–Trinajstić information content (AvgIpc) is 3.03. The first kappa shape index (κ1) is 21.6. The monoisotopic (exact) mass is 468 g/mol. The topological polar surface area (TPSA) is 106 Å². The maximum Gasteiger partial charge on any atom is 0.257 e. The summed E-state index contributed by atoms with van der Waals surface area (Å²) in [6, 6.07) is 5.40. The number of rotatable bonds is 3. The summed E-state index contributed by atoms with van der Waals surface area (Å²) in [7, 11) is 3.67. The molecule has 1 saturated heterocycles. The molecular formula is C23H25ClN6O3. The number of fused-ring (bicyclic) bond motifs is 3. The minimum atomic E-state index is -0.769. The van der Waals surface area contributed by atoms with E-state index in [1.807, 2.05) is 22.9 Å². The molecule has 33 heavy (non-hydrogen) atoms. The smallest absolute Gasteiger partial charge is 0.257 e. The van der Waals surface area contributed by atoms with Crippen molar-refractivity contribution in [2.75, 3.05) is 55.0 Å². The van der Waals surface area contributed by atoms with Crippen LogP contribution in [-0.2, 0) is 16.6 Å². The Morgan fingerprint density at radius 1 is 1.24 bits per heavy atom. The SMILES string of the molecule is CN1CCCc2c1nc(N1CCC3(CC1)C(=O)N(C)c1c(OCC#N)ccc(Cl)c13)[nH]c2=O. The zero-order chi connectivity index (χ0) is 23.3. The zero-order valence-electron chi connectivity index (χ0n) is 18.7. The number of carbonyl (C=O) groups excluding carboxylic acids is 1. The number of anilines is 3. The Morgan fingerprint density at radius 2 is 2.00 bits per heavy atom. The number of likely N-dealkylation sites (N-methyl/N-ethyl adjacent to an activating group) is 1. The van der Waals surface area contributed by atoms with Gasteiger partial charge in [0.05, 0.1) is 16.7 Å². The van der Waals surface area contributed by atoms with Gasteiger partial charge in [-0.05, 0) is 37.8 Å². The Morgan fingerprint density at radius 3 is 2.73 bits per heavy atom. The van der Waals surface area contributed by atoms with Crippen LogP contribution in [0.4, 0.5) is 17.5 Å². The predicted octanol–water partition coefficient (Wildman–Crippen LogP) is 2.22. The third kappa shape index (κ3) is 3.23. The number of nitriles is 1. The van der Waals surface area contributed by atoms with E-state index >= 15 is 0 Å². The van der Waals surface area contributed by atoms with Crippen LogP contribution in [0, 0.1) is 11.3 Å². The molecule has 1 spiro atoms. The van der Waals surface area contributed by atoms with Crippen LogP contribution < -0.4 is 25.0 Å². The summed E-state index contributed by atoms with van der Waals surface area (Å²) in [5.74, 6) is 1.73. The highest BCUT2D eigenvalue weighted by Gasteiger charge is 2.53. The van der Waals surface area contributed by atoms with E-state index in [1.165, 1.54) is 0 Å². The molecule has 4 heterocycles. The summed E-state index contributed by atoms with van der Waals surface area (Å²) >= 11 is 6.62. The van der Waals surface area contributed by atoms with Crippen LogP contribution in [0.2, 0.25) is 5.02 Å². The number of H-pyrrole nitrogens is 1. The van der Waals surface area contributed by atoms with E-state index in [0.29, 0.717) is 48.3 Å². The average molecular weight is 469 g/mol. The summed E-state index contributed by atoms with van der Waals surface area (Å²) < 4.78 is 5.59. The van der Waals surface area contributed by atoms with Gasteiger partial charge < -0.3 is 19.4 Å². The fraction of sp³-hybridized carbons (Fsp3) is 0.478. The van der Waals surface area contributed by atoms with Gasteiger partial charge >= 0.3 is 0 Å². The highest BCUT2D eigenvalue weighted by molar-refractivity contribution is 6.33. The highest BCUT2D eigenvalue weighted by atomic mass is 35.5. The van der Waals surface area contributed by atoms with Crippen molar-refractivity contribution in [3.63, 3.8) is 0 Å². The van der Waals surface area contributed by atoms with E-state index in [1.54, 1.807) is 24.1 Å². The fourth-order valence-corrected chi connectivity index (χ4v) is 5.75. The molecule has 3 aliphatic heterocycles. The molecule has 2 aromatic rings. The van der Waals surface area contributed by atoms with Gasteiger partial charge in [0, 0.05) is 44.3 Å². The van der Waals surface area contributed by atoms with Crippen LogP contribution in [0.25, 0.3) is 0 Å². The van der Waals surface area contributed by atoms with Gasteiger partial charge in [0.1, 0.15) is 17.6 Å². The van der Waals surface area contributed by atoms with Crippen molar-refractivity contribution in [3.05, 3.63) is 38.6 Å². The first-order valence-corrected chi connectivity index (χ1v) is 11.5. The first-order valence-electron chi connectivity index (χ1n) is 11.1. The Balaban J connectivity index is 1.47. The van der Waals surface area contributed by atoms with E-state index in [4.69, 9.17) is 26.6 Å². The van der Waals surface area contributed by atoms with Crippen molar-refractivity contribution < 1.29 is 9.53 Å².